The number of nitrogens with two attached hydrogens (primary N) is 2. The number of guanidine groups is 1. The van der Waals surface area contributed by atoms with Crippen LogP contribution in [0.1, 0.15) is 56.0 Å². The number of hydrogen-bond acceptors (Lipinski definition) is 7. The minimum absolute atomic E-state index is 0.0605. The van der Waals surface area contributed by atoms with Crippen LogP contribution in [0, 0.1) is 5.92 Å². The molecule has 0 spiro atoms. The van der Waals surface area contributed by atoms with Gasteiger partial charge in [0.2, 0.25) is 23.6 Å². The number of benzene rings is 1. The van der Waals surface area contributed by atoms with Crippen LogP contribution in [0.3, 0.4) is 0 Å². The zero-order chi connectivity index (χ0) is 31.6. The van der Waals surface area contributed by atoms with Gasteiger partial charge in [0.25, 0.3) is 5.91 Å². The van der Waals surface area contributed by atoms with Crippen molar-refractivity contribution in [3.8, 4) is 0 Å². The molecule has 2 rings (SSSR count). The Morgan fingerprint density at radius 2 is 1.76 bits per heavy atom. The van der Waals surface area contributed by atoms with Crippen LogP contribution < -0.4 is 32.7 Å². The molecular weight excluding hydrogens is 548 g/mol. The number of carbonyl (C=O) groups excluding carboxylic acids is 5. The lowest BCUT2D eigenvalue weighted by molar-refractivity contribution is -0.142. The van der Waals surface area contributed by atoms with Crippen LogP contribution in [-0.4, -0.2) is 89.2 Å². The second kappa shape index (κ2) is 15.3. The van der Waals surface area contributed by atoms with Crippen LogP contribution >= 0.6 is 0 Å². The number of aliphatic imine (C=N–C) groups is 1. The monoisotopic (exact) mass is 588 g/mol. The Labute approximate surface area is 243 Å². The molecule has 4 atom stereocenters. The van der Waals surface area contributed by atoms with Crippen molar-refractivity contribution in [1.82, 2.24) is 26.2 Å². The highest BCUT2D eigenvalue weighted by molar-refractivity contribution is 5.99. The minimum Gasteiger partial charge on any atom is -0.481 e. The van der Waals surface area contributed by atoms with Gasteiger partial charge in [0, 0.05) is 25.7 Å². The highest BCUT2D eigenvalue weighted by Gasteiger charge is 2.35. The summed E-state index contributed by atoms with van der Waals surface area (Å²) in [6, 6.07) is 1.62. The van der Waals surface area contributed by atoms with E-state index in [1.807, 2.05) is 0 Å². The SMILES string of the molecule is CC(C)[C@H]1NC(=O)c2cccc(c2)CNC(=O)C(CC(=O)O)NC(=O)[C@H](C)NC(=O)[C@H](CCCN=C(N)N)N(C)C1=O. The quantitative estimate of drug-likeness (QED) is 0.110. The molecule has 5 amide bonds. The first kappa shape index (κ1) is 33.5. The summed E-state index contributed by atoms with van der Waals surface area (Å²) in [6.45, 7) is 4.99. The number of hydrogen-bond donors (Lipinski definition) is 7. The average molecular weight is 589 g/mol. The second-order valence-corrected chi connectivity index (χ2v) is 10.4. The van der Waals surface area contributed by atoms with E-state index in [1.165, 1.54) is 24.9 Å². The van der Waals surface area contributed by atoms with Gasteiger partial charge < -0.3 is 42.7 Å². The smallest absolute Gasteiger partial charge is 0.305 e. The summed E-state index contributed by atoms with van der Waals surface area (Å²) in [7, 11) is 1.42. The van der Waals surface area contributed by atoms with Gasteiger partial charge in [0.05, 0.1) is 6.42 Å². The lowest BCUT2D eigenvalue weighted by atomic mass is 9.99. The maximum absolute atomic E-state index is 13.7. The van der Waals surface area contributed by atoms with Gasteiger partial charge >= 0.3 is 5.97 Å². The molecule has 1 aliphatic rings. The molecule has 1 aromatic carbocycles. The predicted molar refractivity (Wildman–Crippen MR) is 153 cm³/mol. The third-order valence-electron chi connectivity index (χ3n) is 6.69. The van der Waals surface area contributed by atoms with Gasteiger partial charge in [-0.05, 0) is 43.4 Å². The summed E-state index contributed by atoms with van der Waals surface area (Å²) in [5.41, 5.74) is 11.5. The van der Waals surface area contributed by atoms with Crippen molar-refractivity contribution in [3.63, 3.8) is 0 Å². The van der Waals surface area contributed by atoms with E-state index in [4.69, 9.17) is 11.5 Å². The summed E-state index contributed by atoms with van der Waals surface area (Å²) in [6.07, 6.45) is -0.285. The highest BCUT2D eigenvalue weighted by atomic mass is 16.4. The Hall–Kier alpha value is -4.69. The van der Waals surface area contributed by atoms with E-state index in [-0.39, 0.29) is 37.0 Å². The molecule has 9 N–H and O–H groups in total. The van der Waals surface area contributed by atoms with Crippen molar-refractivity contribution >= 4 is 41.5 Å². The molecule has 0 saturated heterocycles. The second-order valence-electron chi connectivity index (χ2n) is 10.4. The fourth-order valence-electron chi connectivity index (χ4n) is 4.30. The molecule has 0 aliphatic carbocycles. The third-order valence-corrected chi connectivity index (χ3v) is 6.69. The molecule has 0 aromatic heterocycles. The molecule has 0 fully saturated rings. The Morgan fingerprint density at radius 1 is 1.07 bits per heavy atom. The van der Waals surface area contributed by atoms with Crippen LogP contribution in [0.4, 0.5) is 0 Å². The molecule has 15 heteroatoms. The van der Waals surface area contributed by atoms with Crippen molar-refractivity contribution in [2.75, 3.05) is 13.6 Å². The van der Waals surface area contributed by atoms with Gasteiger partial charge in [0.1, 0.15) is 24.2 Å². The fourth-order valence-corrected chi connectivity index (χ4v) is 4.30. The topological polar surface area (TPSA) is 238 Å². The minimum atomic E-state index is -1.44. The van der Waals surface area contributed by atoms with Crippen molar-refractivity contribution in [2.45, 2.75) is 70.7 Å². The number of nitrogens with one attached hydrogen (secondary N) is 4. The van der Waals surface area contributed by atoms with Crippen LogP contribution in [0.25, 0.3) is 0 Å². The molecule has 230 valence electrons. The normalized spacial score (nSPS) is 22.7. The number of carboxylic acids is 1. The molecule has 2 bridgehead atoms. The summed E-state index contributed by atoms with van der Waals surface area (Å²) in [5.74, 6) is -5.11. The van der Waals surface area contributed by atoms with Gasteiger partial charge in [-0.25, -0.2) is 0 Å². The van der Waals surface area contributed by atoms with E-state index < -0.39 is 66.1 Å². The maximum atomic E-state index is 13.7. The lowest BCUT2D eigenvalue weighted by Crippen LogP contribution is -2.58. The van der Waals surface area contributed by atoms with Gasteiger partial charge in [0.15, 0.2) is 5.96 Å². The zero-order valence-electron chi connectivity index (χ0n) is 24.2. The zero-order valence-corrected chi connectivity index (χ0v) is 24.2. The van der Waals surface area contributed by atoms with Crippen molar-refractivity contribution in [2.24, 2.45) is 22.4 Å². The standard InChI is InChI=1S/C27H40N8O7/c1-14(2)21-26(42)35(4)19(9-6-10-30-27(28)29)25(41)32-15(3)22(38)33-18(12-20(36)37)24(40)31-13-16-7-5-8-17(11-16)23(39)34-21/h5,7-8,11,14-15,18-19,21H,6,9-10,12-13H2,1-4H3,(H,31,40)(H,32,41)(H,33,38)(H,34,39)(H,36,37)(H4,28,29,30)/t15-,18?,19-,21+/m0/s1. The summed E-state index contributed by atoms with van der Waals surface area (Å²) in [4.78, 5) is 82.5. The van der Waals surface area contributed by atoms with Gasteiger partial charge in [-0.2, -0.15) is 0 Å². The van der Waals surface area contributed by atoms with E-state index >= 15 is 0 Å². The number of aliphatic carboxylic acids is 1. The van der Waals surface area contributed by atoms with Crippen molar-refractivity contribution in [1.29, 1.82) is 0 Å². The maximum Gasteiger partial charge on any atom is 0.305 e. The number of fused-ring (bicyclic) bond motifs is 2. The fraction of sp³-hybridized carbons (Fsp3) is 0.519. The van der Waals surface area contributed by atoms with Gasteiger partial charge in [-0.1, -0.05) is 26.0 Å². The predicted octanol–water partition coefficient (Wildman–Crippen LogP) is -1.58. The first-order valence-electron chi connectivity index (χ1n) is 13.5. The number of likely N-dealkylation sites (N-methyl/N-ethyl adjacent to an activating group) is 1. The number of carbonyl (C=O) groups is 6. The van der Waals surface area contributed by atoms with Crippen LogP contribution in [0.5, 0.6) is 0 Å². The molecule has 0 saturated carbocycles. The van der Waals surface area contributed by atoms with Crippen molar-refractivity contribution in [3.05, 3.63) is 35.4 Å². The van der Waals surface area contributed by atoms with Crippen LogP contribution in [0.15, 0.2) is 29.3 Å². The molecule has 1 aliphatic heterocycles. The largest absolute Gasteiger partial charge is 0.481 e. The Kier molecular flexibility index (Phi) is 12.2. The number of amides is 5. The summed E-state index contributed by atoms with van der Waals surface area (Å²) in [5, 5.41) is 19.5. The first-order chi connectivity index (χ1) is 19.7. The van der Waals surface area contributed by atoms with E-state index in [0.717, 1.165) is 0 Å². The highest BCUT2D eigenvalue weighted by Crippen LogP contribution is 2.14. The Morgan fingerprint density at radius 3 is 2.38 bits per heavy atom. The van der Waals surface area contributed by atoms with E-state index in [9.17, 15) is 33.9 Å². The first-order valence-corrected chi connectivity index (χ1v) is 13.5. The molecule has 42 heavy (non-hydrogen) atoms. The number of rotatable bonds is 7. The van der Waals surface area contributed by atoms with Crippen LogP contribution in [-0.2, 0) is 30.5 Å². The van der Waals surface area contributed by atoms with Gasteiger partial charge in [-0.15, -0.1) is 0 Å². The summed E-state index contributed by atoms with van der Waals surface area (Å²) >= 11 is 0. The van der Waals surface area contributed by atoms with Crippen molar-refractivity contribution < 1.29 is 33.9 Å². The number of nitrogens with zero attached hydrogens (tertiary/aromatic N) is 2. The Bertz CT molecular complexity index is 1210. The Balaban J connectivity index is 2.50. The van der Waals surface area contributed by atoms with E-state index in [0.29, 0.717) is 12.0 Å². The third kappa shape index (κ3) is 9.74. The molecule has 1 unspecified atom stereocenters. The molecule has 0 radical (unpaired) electrons. The average Bonchev–Trinajstić information content (AvgIpc) is 2.92. The lowest BCUT2D eigenvalue weighted by Gasteiger charge is -2.33. The molecule has 15 nitrogen and oxygen atoms in total. The summed E-state index contributed by atoms with van der Waals surface area (Å²) < 4.78 is 0. The van der Waals surface area contributed by atoms with E-state index in [1.54, 1.807) is 32.0 Å². The van der Waals surface area contributed by atoms with Gasteiger partial charge in [-0.3, -0.25) is 33.8 Å². The number of carboxylic acid groups (broad SMARTS) is 1. The van der Waals surface area contributed by atoms with E-state index in [2.05, 4.69) is 26.3 Å². The molecule has 1 aromatic rings. The van der Waals surface area contributed by atoms with Crippen LogP contribution in [0.2, 0.25) is 0 Å². The molecule has 1 heterocycles. The molecular formula is C27H40N8O7.